The summed E-state index contributed by atoms with van der Waals surface area (Å²) in [5, 5.41) is 2.46. The molecule has 1 aliphatic carbocycles. The number of fused-ring (bicyclic) bond motifs is 4. The summed E-state index contributed by atoms with van der Waals surface area (Å²) in [6.07, 6.45) is 1.46. The highest BCUT2D eigenvalue weighted by Crippen LogP contribution is 2.49. The zero-order valence-electron chi connectivity index (χ0n) is 17.5. The molecule has 152 valence electrons. The smallest absolute Gasteiger partial charge is 0.180 e. The maximum Gasteiger partial charge on any atom is 0.180 e. The number of Topliss-reactive ketones (excluding diaryl/α,β-unsaturated/α-hetero) is 1. The third-order valence-electron chi connectivity index (χ3n) is 6.21. The Morgan fingerprint density at radius 1 is 1.03 bits per heavy atom. The van der Waals surface area contributed by atoms with Crippen LogP contribution in [0.25, 0.3) is 16.3 Å². The average Bonchev–Trinajstić information content (AvgIpc) is 2.71. The molecule has 0 amide bonds. The van der Waals surface area contributed by atoms with Crippen LogP contribution in [0.15, 0.2) is 64.8 Å². The van der Waals surface area contributed by atoms with Gasteiger partial charge in [-0.15, -0.1) is 0 Å². The molecule has 30 heavy (non-hydrogen) atoms. The van der Waals surface area contributed by atoms with Crippen molar-refractivity contribution in [3.05, 3.63) is 75.9 Å². The van der Waals surface area contributed by atoms with Gasteiger partial charge in [-0.1, -0.05) is 50.2 Å². The van der Waals surface area contributed by atoms with Gasteiger partial charge in [-0.05, 0) is 73.4 Å². The van der Waals surface area contributed by atoms with Gasteiger partial charge in [0.25, 0.3) is 0 Å². The first kappa shape index (κ1) is 19.4. The Balaban J connectivity index is 1.77. The van der Waals surface area contributed by atoms with E-state index < -0.39 is 0 Å². The van der Waals surface area contributed by atoms with Crippen LogP contribution in [0.1, 0.15) is 37.8 Å². The fourth-order valence-corrected chi connectivity index (χ4v) is 5.46. The van der Waals surface area contributed by atoms with Crippen LogP contribution in [0.3, 0.4) is 0 Å². The lowest BCUT2D eigenvalue weighted by Crippen LogP contribution is -2.38. The van der Waals surface area contributed by atoms with Gasteiger partial charge in [0, 0.05) is 18.7 Å². The number of rotatable bonds is 2. The highest BCUT2D eigenvalue weighted by Gasteiger charge is 2.40. The van der Waals surface area contributed by atoms with Crippen molar-refractivity contribution in [2.45, 2.75) is 33.2 Å². The quantitative estimate of drug-likeness (QED) is 0.423. The summed E-state index contributed by atoms with van der Waals surface area (Å²) in [6, 6.07) is 18.9. The minimum absolute atomic E-state index is 0.0480. The standard InChI is InChI=1S/C26H24BrNO2/c1-26(2)13-20-24-17(9-8-16-6-4-5-7-19(16)24)15-28(25(20)22(29)14-26)18-10-11-23(30-3)21(27)12-18/h4-12H,13-15H2,1-3H3. The van der Waals surface area contributed by atoms with Crippen molar-refractivity contribution in [2.75, 3.05) is 12.0 Å². The molecule has 0 N–H and O–H groups in total. The van der Waals surface area contributed by atoms with Gasteiger partial charge >= 0.3 is 0 Å². The summed E-state index contributed by atoms with van der Waals surface area (Å²) in [5.74, 6) is 1.01. The molecule has 3 aromatic carbocycles. The van der Waals surface area contributed by atoms with Crippen LogP contribution in [0.4, 0.5) is 5.69 Å². The fraction of sp³-hybridized carbons (Fsp3) is 0.269. The van der Waals surface area contributed by atoms with E-state index in [0.29, 0.717) is 13.0 Å². The van der Waals surface area contributed by atoms with Gasteiger partial charge < -0.3 is 9.64 Å². The maximum atomic E-state index is 13.4. The summed E-state index contributed by atoms with van der Waals surface area (Å²) >= 11 is 3.61. The number of carbonyl (C=O) groups excluding carboxylic acids is 1. The van der Waals surface area contributed by atoms with Crippen LogP contribution in [0.5, 0.6) is 5.75 Å². The number of carbonyl (C=O) groups is 1. The van der Waals surface area contributed by atoms with E-state index in [1.165, 1.54) is 27.5 Å². The number of ether oxygens (including phenoxy) is 1. The number of hydrogen-bond acceptors (Lipinski definition) is 3. The molecule has 0 saturated carbocycles. The number of anilines is 1. The molecule has 2 aliphatic rings. The number of halogens is 1. The predicted molar refractivity (Wildman–Crippen MR) is 126 cm³/mol. The predicted octanol–water partition coefficient (Wildman–Crippen LogP) is 6.73. The second-order valence-electron chi connectivity index (χ2n) is 8.99. The summed E-state index contributed by atoms with van der Waals surface area (Å²) < 4.78 is 6.29. The van der Waals surface area contributed by atoms with Gasteiger partial charge in [0.15, 0.2) is 5.78 Å². The molecule has 0 aromatic heterocycles. The van der Waals surface area contributed by atoms with Gasteiger partial charge in [0.05, 0.1) is 17.3 Å². The van der Waals surface area contributed by atoms with Crippen molar-refractivity contribution >= 4 is 43.7 Å². The van der Waals surface area contributed by atoms with Crippen molar-refractivity contribution in [1.29, 1.82) is 0 Å². The first-order valence-corrected chi connectivity index (χ1v) is 11.1. The van der Waals surface area contributed by atoms with E-state index in [1.54, 1.807) is 7.11 Å². The van der Waals surface area contributed by atoms with E-state index in [9.17, 15) is 4.79 Å². The molecule has 3 nitrogen and oxygen atoms in total. The Bertz CT molecular complexity index is 1220. The van der Waals surface area contributed by atoms with Crippen molar-refractivity contribution in [1.82, 2.24) is 0 Å². The van der Waals surface area contributed by atoms with Crippen LogP contribution in [-0.4, -0.2) is 12.9 Å². The van der Waals surface area contributed by atoms with E-state index in [1.807, 2.05) is 18.2 Å². The van der Waals surface area contributed by atoms with E-state index in [2.05, 4.69) is 71.1 Å². The highest BCUT2D eigenvalue weighted by atomic mass is 79.9. The number of benzene rings is 3. The molecule has 0 fully saturated rings. The minimum atomic E-state index is -0.0480. The Kier molecular flexibility index (Phi) is 4.51. The average molecular weight is 462 g/mol. The number of hydrogen-bond donors (Lipinski definition) is 0. The molecular formula is C26H24BrNO2. The lowest BCUT2D eigenvalue weighted by Gasteiger charge is -2.41. The van der Waals surface area contributed by atoms with E-state index in [-0.39, 0.29) is 11.2 Å². The maximum absolute atomic E-state index is 13.4. The van der Waals surface area contributed by atoms with Gasteiger partial charge in [-0.25, -0.2) is 0 Å². The SMILES string of the molecule is COc1ccc(N2Cc3ccc4ccccc4c3C3=C2C(=O)CC(C)(C)C3)cc1Br. The summed E-state index contributed by atoms with van der Waals surface area (Å²) in [5.41, 5.74) is 5.52. The van der Waals surface area contributed by atoms with E-state index >= 15 is 0 Å². The molecule has 0 saturated heterocycles. The molecule has 0 unspecified atom stereocenters. The normalized spacial score (nSPS) is 17.7. The highest BCUT2D eigenvalue weighted by molar-refractivity contribution is 9.10. The lowest BCUT2D eigenvalue weighted by atomic mass is 9.71. The van der Waals surface area contributed by atoms with Crippen LogP contribution in [-0.2, 0) is 11.3 Å². The van der Waals surface area contributed by atoms with Crippen molar-refractivity contribution in [3.8, 4) is 5.75 Å². The first-order valence-electron chi connectivity index (χ1n) is 10.3. The second-order valence-corrected chi connectivity index (χ2v) is 9.85. The van der Waals surface area contributed by atoms with E-state index in [4.69, 9.17) is 4.74 Å². The largest absolute Gasteiger partial charge is 0.496 e. The van der Waals surface area contributed by atoms with Crippen LogP contribution < -0.4 is 9.64 Å². The van der Waals surface area contributed by atoms with Crippen LogP contribution in [0.2, 0.25) is 0 Å². The van der Waals surface area contributed by atoms with Gasteiger partial charge in [0.1, 0.15) is 5.75 Å². The summed E-state index contributed by atoms with van der Waals surface area (Å²) in [4.78, 5) is 15.6. The zero-order valence-corrected chi connectivity index (χ0v) is 19.0. The van der Waals surface area contributed by atoms with Crippen molar-refractivity contribution in [2.24, 2.45) is 5.41 Å². The van der Waals surface area contributed by atoms with Crippen molar-refractivity contribution < 1.29 is 9.53 Å². The number of ketones is 1. The second kappa shape index (κ2) is 6.98. The molecule has 5 rings (SSSR count). The monoisotopic (exact) mass is 461 g/mol. The van der Waals surface area contributed by atoms with Gasteiger partial charge in [-0.2, -0.15) is 0 Å². The van der Waals surface area contributed by atoms with Crippen LogP contribution in [0, 0.1) is 5.41 Å². The molecule has 4 heteroatoms. The van der Waals surface area contributed by atoms with Crippen molar-refractivity contribution in [3.63, 3.8) is 0 Å². The number of nitrogens with zero attached hydrogens (tertiary/aromatic N) is 1. The first-order chi connectivity index (χ1) is 14.4. The Hall–Kier alpha value is -2.59. The Labute approximate surface area is 185 Å². The molecule has 0 atom stereocenters. The van der Waals surface area contributed by atoms with Crippen LogP contribution >= 0.6 is 15.9 Å². The van der Waals surface area contributed by atoms with Gasteiger partial charge in [-0.3, -0.25) is 4.79 Å². The van der Waals surface area contributed by atoms with Gasteiger partial charge in [0.2, 0.25) is 0 Å². The molecule has 0 bridgehead atoms. The summed E-state index contributed by atoms with van der Waals surface area (Å²) in [6.45, 7) is 5.08. The Morgan fingerprint density at radius 3 is 2.60 bits per heavy atom. The topological polar surface area (TPSA) is 29.5 Å². The molecule has 1 aliphatic heterocycles. The molecule has 3 aromatic rings. The molecular weight excluding hydrogens is 438 g/mol. The fourth-order valence-electron chi connectivity index (χ4n) is 4.93. The molecule has 0 spiro atoms. The number of allylic oxidation sites excluding steroid dienone is 2. The zero-order chi connectivity index (χ0) is 21.0. The Morgan fingerprint density at radius 2 is 1.83 bits per heavy atom. The summed E-state index contributed by atoms with van der Waals surface area (Å²) in [7, 11) is 1.66. The minimum Gasteiger partial charge on any atom is -0.496 e. The molecule has 0 radical (unpaired) electrons. The third kappa shape index (κ3) is 3.05. The molecule has 1 heterocycles. The number of methoxy groups -OCH3 is 1. The lowest BCUT2D eigenvalue weighted by molar-refractivity contribution is -0.117. The van der Waals surface area contributed by atoms with E-state index in [0.717, 1.165) is 28.0 Å². The third-order valence-corrected chi connectivity index (χ3v) is 6.83.